The van der Waals surface area contributed by atoms with Crippen LogP contribution >= 0.6 is 11.6 Å². The summed E-state index contributed by atoms with van der Waals surface area (Å²) in [5.74, 6) is -5.98. The Morgan fingerprint density at radius 1 is 1.29 bits per heavy atom. The standard InChI is InChI=1S/C22H16ClF4NO3/c1-30-9-31-21-19-15(7-22(21,26)27)12(2-3-16(19)23)13-6-17(25)20(29)14-5-11(24)4-10(8-28)18(13)14/h2-5,13,17,21H,6-7,9H2,1H3/t13-,17?,21+/m1/s1. The summed E-state index contributed by atoms with van der Waals surface area (Å²) in [6.07, 6.45) is -4.69. The van der Waals surface area contributed by atoms with Crippen LogP contribution in [-0.2, 0) is 15.9 Å². The van der Waals surface area contributed by atoms with E-state index in [2.05, 4.69) is 0 Å². The molecule has 4 nitrogen and oxygen atoms in total. The van der Waals surface area contributed by atoms with Crippen LogP contribution in [0.5, 0.6) is 0 Å². The third-order valence-corrected chi connectivity index (χ3v) is 6.06. The molecule has 0 N–H and O–H groups in total. The molecule has 0 aromatic heterocycles. The SMILES string of the molecule is COCO[C@H]1c2c(Cl)ccc([C@H]3CC(F)C(=O)c4cc(F)cc(C#N)c43)c2CC1(F)F. The number of ketones is 1. The highest BCUT2D eigenvalue weighted by Gasteiger charge is 2.51. The van der Waals surface area contributed by atoms with E-state index in [4.69, 9.17) is 21.1 Å². The third kappa shape index (κ3) is 3.51. The lowest BCUT2D eigenvalue weighted by atomic mass is 9.74. The summed E-state index contributed by atoms with van der Waals surface area (Å²) in [6.45, 7) is -0.384. The van der Waals surface area contributed by atoms with Gasteiger partial charge in [-0.15, -0.1) is 0 Å². The maximum atomic E-state index is 14.8. The Labute approximate surface area is 180 Å². The predicted molar refractivity (Wildman–Crippen MR) is 103 cm³/mol. The molecule has 0 saturated heterocycles. The molecule has 1 unspecified atom stereocenters. The number of carbonyl (C=O) groups excluding carboxylic acids is 1. The summed E-state index contributed by atoms with van der Waals surface area (Å²) in [4.78, 5) is 12.3. The van der Waals surface area contributed by atoms with Gasteiger partial charge in [-0.25, -0.2) is 17.6 Å². The molecule has 0 heterocycles. The maximum absolute atomic E-state index is 14.8. The molecule has 2 aromatic carbocycles. The molecule has 0 saturated carbocycles. The van der Waals surface area contributed by atoms with Gasteiger partial charge in [0, 0.05) is 35.6 Å². The van der Waals surface area contributed by atoms with E-state index in [1.54, 1.807) is 0 Å². The molecular formula is C22H16ClF4NO3. The third-order valence-electron chi connectivity index (χ3n) is 5.73. The zero-order valence-corrected chi connectivity index (χ0v) is 17.0. The second-order valence-electron chi connectivity index (χ2n) is 7.57. The van der Waals surface area contributed by atoms with Crippen LogP contribution in [0.25, 0.3) is 0 Å². The zero-order valence-electron chi connectivity index (χ0n) is 16.2. The van der Waals surface area contributed by atoms with Crippen LogP contribution in [0.4, 0.5) is 17.6 Å². The highest BCUT2D eigenvalue weighted by molar-refractivity contribution is 6.31. The monoisotopic (exact) mass is 453 g/mol. The molecule has 162 valence electrons. The van der Waals surface area contributed by atoms with Gasteiger partial charge in [0.05, 0.1) is 11.6 Å². The number of carbonyl (C=O) groups is 1. The van der Waals surface area contributed by atoms with E-state index >= 15 is 0 Å². The van der Waals surface area contributed by atoms with Crippen LogP contribution in [0.1, 0.15) is 56.6 Å². The second kappa shape index (κ2) is 7.90. The van der Waals surface area contributed by atoms with E-state index in [0.717, 1.165) is 12.1 Å². The van der Waals surface area contributed by atoms with Crippen molar-refractivity contribution in [3.63, 3.8) is 0 Å². The fourth-order valence-electron chi connectivity index (χ4n) is 4.51. The Bertz CT molecular complexity index is 1110. The number of nitriles is 1. The minimum absolute atomic E-state index is 0.0561. The van der Waals surface area contributed by atoms with Crippen molar-refractivity contribution in [3.05, 3.63) is 68.5 Å². The van der Waals surface area contributed by atoms with Crippen molar-refractivity contribution in [2.75, 3.05) is 13.9 Å². The molecular weight excluding hydrogens is 438 g/mol. The first-order valence-corrected chi connectivity index (χ1v) is 9.78. The molecule has 0 aliphatic heterocycles. The van der Waals surface area contributed by atoms with Crippen LogP contribution in [0.2, 0.25) is 5.02 Å². The van der Waals surface area contributed by atoms with Crippen molar-refractivity contribution < 1.29 is 31.8 Å². The summed E-state index contributed by atoms with van der Waals surface area (Å²) < 4.78 is 68.1. The van der Waals surface area contributed by atoms with Crippen molar-refractivity contribution >= 4 is 17.4 Å². The predicted octanol–water partition coefficient (Wildman–Crippen LogP) is 5.26. The number of alkyl halides is 3. The number of benzene rings is 2. The van der Waals surface area contributed by atoms with Crippen LogP contribution in [0.15, 0.2) is 24.3 Å². The van der Waals surface area contributed by atoms with Gasteiger partial charge in [-0.1, -0.05) is 17.7 Å². The van der Waals surface area contributed by atoms with Gasteiger partial charge in [-0.2, -0.15) is 5.26 Å². The largest absolute Gasteiger partial charge is 0.359 e. The first-order chi connectivity index (χ1) is 14.7. The van der Waals surface area contributed by atoms with Crippen molar-refractivity contribution in [2.24, 2.45) is 0 Å². The van der Waals surface area contributed by atoms with Gasteiger partial charge in [0.1, 0.15) is 12.6 Å². The molecule has 0 fully saturated rings. The van der Waals surface area contributed by atoms with Crippen LogP contribution in [-0.4, -0.2) is 31.8 Å². The lowest BCUT2D eigenvalue weighted by molar-refractivity contribution is -0.169. The molecule has 4 rings (SSSR count). The Morgan fingerprint density at radius 3 is 2.71 bits per heavy atom. The minimum atomic E-state index is -3.30. The van der Waals surface area contributed by atoms with Gasteiger partial charge in [-0.3, -0.25) is 4.79 Å². The van der Waals surface area contributed by atoms with Gasteiger partial charge < -0.3 is 9.47 Å². The van der Waals surface area contributed by atoms with Crippen LogP contribution < -0.4 is 0 Å². The molecule has 2 aromatic rings. The average molecular weight is 454 g/mol. The number of hydrogen-bond donors (Lipinski definition) is 0. The molecule has 9 heteroatoms. The smallest absolute Gasteiger partial charge is 0.282 e. The van der Waals surface area contributed by atoms with Gasteiger partial charge in [-0.05, 0) is 41.3 Å². The van der Waals surface area contributed by atoms with Crippen molar-refractivity contribution in [2.45, 2.75) is 37.0 Å². The van der Waals surface area contributed by atoms with E-state index in [-0.39, 0.29) is 46.1 Å². The summed E-state index contributed by atoms with van der Waals surface area (Å²) in [5.41, 5.74) is 0.292. The quantitative estimate of drug-likeness (QED) is 0.468. The highest BCUT2D eigenvalue weighted by Crippen LogP contribution is 2.52. The number of ether oxygens (including phenoxy) is 2. The zero-order chi connectivity index (χ0) is 22.5. The number of fused-ring (bicyclic) bond motifs is 2. The van der Waals surface area contributed by atoms with Crippen molar-refractivity contribution in [1.29, 1.82) is 5.26 Å². The Hall–Kier alpha value is -2.47. The summed E-state index contributed by atoms with van der Waals surface area (Å²) >= 11 is 6.23. The van der Waals surface area contributed by atoms with Gasteiger partial charge in [0.25, 0.3) is 5.92 Å². The summed E-state index contributed by atoms with van der Waals surface area (Å²) in [7, 11) is 1.30. The van der Waals surface area contributed by atoms with E-state index in [0.29, 0.717) is 5.56 Å². The second-order valence-corrected chi connectivity index (χ2v) is 7.97. The number of hydrogen-bond acceptors (Lipinski definition) is 4. The Kier molecular flexibility index (Phi) is 5.54. The molecule has 0 amide bonds. The van der Waals surface area contributed by atoms with Crippen molar-refractivity contribution in [3.8, 4) is 6.07 Å². The van der Waals surface area contributed by atoms with E-state index < -0.39 is 42.1 Å². The normalized spacial score (nSPS) is 23.9. The number of methoxy groups -OCH3 is 1. The van der Waals surface area contributed by atoms with Crippen LogP contribution in [0, 0.1) is 17.1 Å². The first-order valence-electron chi connectivity index (χ1n) is 9.41. The topological polar surface area (TPSA) is 59.3 Å². The van der Waals surface area contributed by atoms with E-state index in [1.165, 1.54) is 19.2 Å². The Morgan fingerprint density at radius 2 is 2.03 bits per heavy atom. The lowest BCUT2D eigenvalue weighted by Gasteiger charge is -2.30. The average Bonchev–Trinajstić information content (AvgIpc) is 2.99. The molecule has 2 aliphatic carbocycles. The molecule has 0 radical (unpaired) electrons. The maximum Gasteiger partial charge on any atom is 0.282 e. The number of halogens is 5. The Balaban J connectivity index is 1.93. The number of rotatable bonds is 4. The fraction of sp³-hybridized carbons (Fsp3) is 0.364. The highest BCUT2D eigenvalue weighted by atomic mass is 35.5. The lowest BCUT2D eigenvalue weighted by Crippen LogP contribution is -2.29. The molecule has 0 bridgehead atoms. The fourth-order valence-corrected chi connectivity index (χ4v) is 4.79. The van der Waals surface area contributed by atoms with Crippen LogP contribution in [0.3, 0.4) is 0 Å². The van der Waals surface area contributed by atoms with Crippen molar-refractivity contribution in [1.82, 2.24) is 0 Å². The van der Waals surface area contributed by atoms with Gasteiger partial charge in [0.15, 0.2) is 18.1 Å². The number of Topliss-reactive ketones (excluding diaryl/α,β-unsaturated/α-hetero) is 1. The number of nitrogens with zero attached hydrogens (tertiary/aromatic N) is 1. The van der Waals surface area contributed by atoms with E-state index in [9.17, 15) is 27.6 Å². The molecule has 31 heavy (non-hydrogen) atoms. The summed E-state index contributed by atoms with van der Waals surface area (Å²) in [6, 6.07) is 6.55. The van der Waals surface area contributed by atoms with E-state index in [1.807, 2.05) is 6.07 Å². The first kappa shape index (κ1) is 21.8. The van der Waals surface area contributed by atoms with Gasteiger partial charge >= 0.3 is 0 Å². The van der Waals surface area contributed by atoms with Gasteiger partial charge in [0.2, 0.25) is 0 Å². The molecule has 0 spiro atoms. The summed E-state index contributed by atoms with van der Waals surface area (Å²) in [5, 5.41) is 9.55. The minimum Gasteiger partial charge on any atom is -0.359 e. The molecule has 2 aliphatic rings. The molecule has 3 atom stereocenters.